The molecule has 222 valence electrons. The number of rotatable bonds is 3. The van der Waals surface area contributed by atoms with E-state index in [4.69, 9.17) is 14.4 Å². The number of para-hydroxylation sites is 2. The second-order valence-corrected chi connectivity index (χ2v) is 17.3. The van der Waals surface area contributed by atoms with Crippen molar-refractivity contribution in [1.29, 1.82) is 0 Å². The zero-order chi connectivity index (χ0) is 31.3. The van der Waals surface area contributed by atoms with Crippen molar-refractivity contribution in [3.05, 3.63) is 140 Å². The first kappa shape index (κ1) is 26.4. The maximum absolute atomic E-state index is 6.55. The van der Waals surface area contributed by atoms with Gasteiger partial charge in [0, 0.05) is 43.9 Å². The van der Waals surface area contributed by atoms with E-state index in [0.717, 1.165) is 66.7 Å². The number of hydrogen-bond donors (Lipinski definition) is 0. The quantitative estimate of drug-likeness (QED) is 0.185. The van der Waals surface area contributed by atoms with E-state index in [9.17, 15) is 0 Å². The molecule has 5 heteroatoms. The van der Waals surface area contributed by atoms with Crippen molar-refractivity contribution in [2.75, 3.05) is 0 Å². The molecule has 6 aromatic carbocycles. The first-order valence-electron chi connectivity index (χ1n) is 16.1. The Labute approximate surface area is 272 Å². The predicted octanol–water partition coefficient (Wildman–Crippen LogP) is 9.61. The Balaban J connectivity index is 1.25. The Morgan fingerprint density at radius 3 is 2.23 bits per heavy atom. The lowest BCUT2D eigenvalue weighted by Gasteiger charge is -2.19. The van der Waals surface area contributed by atoms with Gasteiger partial charge in [0.2, 0.25) is 0 Å². The Morgan fingerprint density at radius 2 is 1.34 bits per heavy atom. The minimum absolute atomic E-state index is 0.780. The molecule has 0 amide bonds. The van der Waals surface area contributed by atoms with Crippen LogP contribution in [-0.2, 0) is 0 Å². The molecule has 0 spiro atoms. The summed E-state index contributed by atoms with van der Waals surface area (Å²) < 4.78 is 8.92. The summed E-state index contributed by atoms with van der Waals surface area (Å²) in [5, 5.41) is 7.22. The van der Waals surface area contributed by atoms with Crippen molar-refractivity contribution in [2.24, 2.45) is 0 Å². The van der Waals surface area contributed by atoms with Crippen LogP contribution >= 0.6 is 0 Å². The summed E-state index contributed by atoms with van der Waals surface area (Å²) in [6, 6.07) is 49.5. The van der Waals surface area contributed by atoms with Gasteiger partial charge in [0.25, 0.3) is 0 Å². The third kappa shape index (κ3) is 3.69. The average molecular weight is 620 g/mol. The molecule has 0 unspecified atom stereocenters. The molecule has 3 aromatic heterocycles. The van der Waals surface area contributed by atoms with Crippen molar-refractivity contribution in [1.82, 2.24) is 14.5 Å². The molecule has 0 aliphatic carbocycles. The number of benzene rings is 6. The molecule has 1 aliphatic heterocycles. The fourth-order valence-electron chi connectivity index (χ4n) is 7.77. The first-order chi connectivity index (χ1) is 23.1. The highest BCUT2D eigenvalue weighted by atomic mass is 28.3. The minimum Gasteiger partial charge on any atom is -0.455 e. The van der Waals surface area contributed by atoms with Crippen molar-refractivity contribution in [3.8, 4) is 39.5 Å². The lowest BCUT2D eigenvalue weighted by atomic mass is 10.00. The van der Waals surface area contributed by atoms with Crippen LogP contribution in [0, 0.1) is 0 Å². The van der Waals surface area contributed by atoms with E-state index in [1.54, 1.807) is 0 Å². The molecular formula is C42H29N3OSi. The van der Waals surface area contributed by atoms with Gasteiger partial charge in [0.05, 0.1) is 22.1 Å². The van der Waals surface area contributed by atoms with Gasteiger partial charge in [0.15, 0.2) is 5.82 Å². The van der Waals surface area contributed by atoms with E-state index in [1.807, 2.05) is 12.1 Å². The summed E-state index contributed by atoms with van der Waals surface area (Å²) in [5.74, 6) is 0.780. The minimum atomic E-state index is -2.06. The van der Waals surface area contributed by atoms with Crippen molar-refractivity contribution in [3.63, 3.8) is 0 Å². The second-order valence-electron chi connectivity index (χ2n) is 13.0. The van der Waals surface area contributed by atoms with Gasteiger partial charge < -0.3 is 8.98 Å². The predicted molar refractivity (Wildman–Crippen MR) is 197 cm³/mol. The van der Waals surface area contributed by atoms with Gasteiger partial charge >= 0.3 is 0 Å². The maximum Gasteiger partial charge on any atom is 0.159 e. The molecule has 0 bridgehead atoms. The molecular weight excluding hydrogens is 591 g/mol. The molecule has 0 saturated heterocycles. The fraction of sp³-hybridized carbons (Fsp3) is 0.0476. The lowest BCUT2D eigenvalue weighted by molar-refractivity contribution is 0.673. The molecule has 10 rings (SSSR count). The van der Waals surface area contributed by atoms with E-state index in [2.05, 4.69) is 145 Å². The van der Waals surface area contributed by atoms with Crippen LogP contribution in [0.3, 0.4) is 0 Å². The molecule has 4 nitrogen and oxygen atoms in total. The van der Waals surface area contributed by atoms with Crippen LogP contribution < -0.4 is 10.5 Å². The molecule has 9 aromatic rings. The SMILES string of the molecule is C[Si]1(C)c2ccccc2-c2c(-c3cccc(-n4c5ccccc5c5c6oc7ccccc7c6ccc54)c3)nc(-c3ccccc3)nc21. The summed E-state index contributed by atoms with van der Waals surface area (Å²) in [5.41, 5.74) is 10.7. The van der Waals surface area contributed by atoms with Crippen LogP contribution in [0.5, 0.6) is 0 Å². The molecule has 0 radical (unpaired) electrons. The Morgan fingerprint density at radius 1 is 0.596 bits per heavy atom. The summed E-state index contributed by atoms with van der Waals surface area (Å²) >= 11 is 0. The molecule has 4 heterocycles. The summed E-state index contributed by atoms with van der Waals surface area (Å²) in [6.45, 7) is 4.83. The van der Waals surface area contributed by atoms with Crippen LogP contribution in [0.15, 0.2) is 144 Å². The van der Waals surface area contributed by atoms with E-state index in [-0.39, 0.29) is 0 Å². The zero-order valence-electron chi connectivity index (χ0n) is 26.0. The van der Waals surface area contributed by atoms with Gasteiger partial charge in [-0.25, -0.2) is 9.97 Å². The standard InChI is InChI=1S/C42H29N3OSi/c1-47(2)36-22-11-8-19-32(36)38-39(43-41(44-42(38)47)26-13-4-3-5-14-26)27-15-12-16-28(25-27)45-33-20-9-6-18-31(33)37-34(45)24-23-30-29-17-7-10-21-35(29)46-40(30)37/h3-25H,1-2H3. The molecule has 0 atom stereocenters. The Kier molecular flexibility index (Phi) is 5.41. The number of furan rings is 1. The van der Waals surface area contributed by atoms with Gasteiger partial charge in [-0.15, -0.1) is 0 Å². The number of aromatic nitrogens is 3. The molecule has 0 fully saturated rings. The van der Waals surface area contributed by atoms with E-state index in [0.29, 0.717) is 0 Å². The third-order valence-corrected chi connectivity index (χ3v) is 13.3. The van der Waals surface area contributed by atoms with Crippen molar-refractivity contribution in [2.45, 2.75) is 13.1 Å². The topological polar surface area (TPSA) is 43.9 Å². The fourth-order valence-corrected chi connectivity index (χ4v) is 10.7. The third-order valence-electron chi connectivity index (χ3n) is 9.96. The zero-order valence-corrected chi connectivity index (χ0v) is 27.0. The lowest BCUT2D eigenvalue weighted by Crippen LogP contribution is -2.50. The first-order valence-corrected chi connectivity index (χ1v) is 19.1. The maximum atomic E-state index is 6.55. The average Bonchev–Trinajstić information content (AvgIpc) is 3.74. The van der Waals surface area contributed by atoms with E-state index >= 15 is 0 Å². The van der Waals surface area contributed by atoms with Crippen molar-refractivity contribution >= 4 is 62.3 Å². The molecule has 1 aliphatic rings. The summed E-state index contributed by atoms with van der Waals surface area (Å²) in [6.07, 6.45) is 0. The van der Waals surface area contributed by atoms with Gasteiger partial charge in [-0.05, 0) is 47.1 Å². The van der Waals surface area contributed by atoms with Crippen LogP contribution in [-0.4, -0.2) is 22.6 Å². The number of hydrogen-bond acceptors (Lipinski definition) is 3. The Bertz CT molecular complexity index is 2720. The van der Waals surface area contributed by atoms with Crippen LogP contribution in [0.1, 0.15) is 0 Å². The van der Waals surface area contributed by atoms with E-state index < -0.39 is 8.07 Å². The van der Waals surface area contributed by atoms with Crippen LogP contribution in [0.2, 0.25) is 13.1 Å². The molecule has 0 saturated carbocycles. The second kappa shape index (κ2) is 9.61. The van der Waals surface area contributed by atoms with Gasteiger partial charge in [-0.2, -0.15) is 0 Å². The Hall–Kier alpha value is -5.78. The summed E-state index contributed by atoms with van der Waals surface area (Å²) in [7, 11) is -2.06. The van der Waals surface area contributed by atoms with Gasteiger partial charge in [-0.3, -0.25) is 0 Å². The molecule has 0 N–H and O–H groups in total. The largest absolute Gasteiger partial charge is 0.455 e. The highest BCUT2D eigenvalue weighted by Crippen LogP contribution is 2.42. The smallest absolute Gasteiger partial charge is 0.159 e. The number of nitrogens with zero attached hydrogens (tertiary/aromatic N) is 3. The summed E-state index contributed by atoms with van der Waals surface area (Å²) in [4.78, 5) is 10.7. The highest BCUT2D eigenvalue weighted by molar-refractivity contribution is 7.03. The highest BCUT2D eigenvalue weighted by Gasteiger charge is 2.41. The molecule has 47 heavy (non-hydrogen) atoms. The van der Waals surface area contributed by atoms with Gasteiger partial charge in [0.1, 0.15) is 19.2 Å². The monoisotopic (exact) mass is 619 g/mol. The van der Waals surface area contributed by atoms with Gasteiger partial charge in [-0.1, -0.05) is 116 Å². The van der Waals surface area contributed by atoms with E-state index in [1.165, 1.54) is 27.0 Å². The van der Waals surface area contributed by atoms with Crippen LogP contribution in [0.25, 0.3) is 83.2 Å². The normalized spacial score (nSPS) is 13.5. The van der Waals surface area contributed by atoms with Crippen molar-refractivity contribution < 1.29 is 4.42 Å². The number of fused-ring (bicyclic) bond motifs is 10. The van der Waals surface area contributed by atoms with Crippen LogP contribution in [0.4, 0.5) is 0 Å².